The summed E-state index contributed by atoms with van der Waals surface area (Å²) in [5.41, 5.74) is 3.52. The number of carboxylic acids is 1. The number of amides is 2. The van der Waals surface area contributed by atoms with Crippen LogP contribution in [-0.2, 0) is 4.79 Å². The number of hydrogen-bond acceptors (Lipinski definition) is 6. The second-order valence-electron chi connectivity index (χ2n) is 6.44. The van der Waals surface area contributed by atoms with E-state index < -0.39 is 11.9 Å². The van der Waals surface area contributed by atoms with Crippen LogP contribution in [0.5, 0.6) is 0 Å². The molecule has 0 spiro atoms. The number of hydrazine groups is 1. The monoisotopic (exact) mass is 678 g/mol. The average Bonchev–Trinajstić information content (AvgIpc) is 3.15. The second kappa shape index (κ2) is 12.4. The van der Waals surface area contributed by atoms with Gasteiger partial charge in [-0.2, -0.15) is 5.10 Å². The minimum atomic E-state index is -0.833. The van der Waals surface area contributed by atoms with Gasteiger partial charge in [0.05, 0.1) is 16.3 Å². The van der Waals surface area contributed by atoms with E-state index in [2.05, 4.69) is 68.6 Å². The highest BCUT2D eigenvalue weighted by Crippen LogP contribution is 2.32. The van der Waals surface area contributed by atoms with Crippen LogP contribution in [0, 0.1) is 0 Å². The maximum Gasteiger partial charge on any atom is 0.300 e. The fraction of sp³-hybridized carbons (Fsp3) is 0.150. The summed E-state index contributed by atoms with van der Waals surface area (Å²) in [7, 11) is 3.20. The topological polar surface area (TPSA) is 129 Å². The van der Waals surface area contributed by atoms with E-state index in [9.17, 15) is 9.59 Å². The van der Waals surface area contributed by atoms with Crippen LogP contribution in [0.25, 0.3) is 5.82 Å². The van der Waals surface area contributed by atoms with E-state index in [0.29, 0.717) is 30.1 Å². The molecule has 2 heterocycles. The zero-order valence-corrected chi connectivity index (χ0v) is 23.5. The number of anilines is 1. The van der Waals surface area contributed by atoms with Gasteiger partial charge in [0, 0.05) is 42.2 Å². The molecule has 0 saturated carbocycles. The Labute approximate surface area is 225 Å². The van der Waals surface area contributed by atoms with Crippen molar-refractivity contribution in [1.29, 1.82) is 0 Å². The Morgan fingerprint density at radius 3 is 2.41 bits per heavy atom. The molecule has 3 aromatic rings. The molecule has 10 nitrogen and oxygen atoms in total. The quantitative estimate of drug-likeness (QED) is 0.332. The third kappa shape index (κ3) is 7.09. The van der Waals surface area contributed by atoms with Crippen molar-refractivity contribution < 1.29 is 19.5 Å². The van der Waals surface area contributed by atoms with Crippen molar-refractivity contribution in [3.05, 3.63) is 66.4 Å². The molecule has 0 aliphatic carbocycles. The molecule has 2 aromatic heterocycles. The van der Waals surface area contributed by atoms with E-state index in [-0.39, 0.29) is 17.2 Å². The molecule has 1 aromatic carbocycles. The maximum atomic E-state index is 13.1. The Bertz CT molecular complexity index is 1230. The number of rotatable bonds is 5. The Balaban J connectivity index is 0.000000945. The molecule has 14 heteroatoms. The summed E-state index contributed by atoms with van der Waals surface area (Å²) in [6.07, 6.45) is 1.55. The standard InChI is InChI=1S/C18H14Br3ClN6O2.C2H4O2/c1-23-27(2)18(30)10-6-9(19)7-11(20)15(10)25-17(29)13-8-14(21)26-28(13)16-12(22)4-3-5-24-16;1-2(3)4/h3-8,23H,1-2H3,(H,25,29);1H3,(H,3,4). The van der Waals surface area contributed by atoms with Gasteiger partial charge < -0.3 is 10.4 Å². The zero-order valence-electron chi connectivity index (χ0n) is 17.9. The van der Waals surface area contributed by atoms with Crippen LogP contribution in [0.3, 0.4) is 0 Å². The highest BCUT2D eigenvalue weighted by Gasteiger charge is 2.24. The number of pyridine rings is 1. The van der Waals surface area contributed by atoms with Crippen LogP contribution < -0.4 is 10.7 Å². The maximum absolute atomic E-state index is 13.1. The van der Waals surface area contributed by atoms with E-state index in [1.165, 1.54) is 15.8 Å². The lowest BCUT2D eigenvalue weighted by Crippen LogP contribution is -2.37. The number of hydrogen-bond donors (Lipinski definition) is 3. The molecule has 0 aliphatic rings. The van der Waals surface area contributed by atoms with Crippen LogP contribution >= 0.6 is 59.4 Å². The molecule has 3 rings (SSSR count). The normalized spacial score (nSPS) is 10.2. The summed E-state index contributed by atoms with van der Waals surface area (Å²) in [5, 5.41) is 16.1. The van der Waals surface area contributed by atoms with Crippen molar-refractivity contribution >= 4 is 82.9 Å². The number of carboxylic acid groups (broad SMARTS) is 1. The fourth-order valence-corrected chi connectivity index (χ4v) is 4.44. The molecule has 3 N–H and O–H groups in total. The van der Waals surface area contributed by atoms with Gasteiger partial charge in [-0.3, -0.25) is 19.4 Å². The van der Waals surface area contributed by atoms with Gasteiger partial charge in [0.2, 0.25) is 0 Å². The lowest BCUT2D eigenvalue weighted by Gasteiger charge is -2.19. The van der Waals surface area contributed by atoms with Gasteiger partial charge in [-0.25, -0.2) is 15.1 Å². The van der Waals surface area contributed by atoms with Crippen molar-refractivity contribution in [3.8, 4) is 5.82 Å². The van der Waals surface area contributed by atoms with Crippen LogP contribution in [0.2, 0.25) is 5.02 Å². The fourth-order valence-electron chi connectivity index (χ4n) is 2.54. The highest BCUT2D eigenvalue weighted by atomic mass is 79.9. The molecule has 0 aliphatic heterocycles. The molecule has 180 valence electrons. The summed E-state index contributed by atoms with van der Waals surface area (Å²) in [6, 6.07) is 8.22. The van der Waals surface area contributed by atoms with E-state index >= 15 is 0 Å². The SMILES string of the molecule is CC(=O)O.CNN(C)C(=O)c1cc(Br)cc(Br)c1NC(=O)c1cc(Br)nn1-c1ncccc1Cl. The number of nitrogens with zero attached hydrogens (tertiary/aromatic N) is 4. The minimum Gasteiger partial charge on any atom is -0.481 e. The summed E-state index contributed by atoms with van der Waals surface area (Å²) in [6.45, 7) is 1.08. The van der Waals surface area contributed by atoms with Crippen LogP contribution in [0.1, 0.15) is 27.8 Å². The molecule has 0 unspecified atom stereocenters. The van der Waals surface area contributed by atoms with Crippen molar-refractivity contribution in [2.24, 2.45) is 0 Å². The van der Waals surface area contributed by atoms with E-state index in [1.807, 2.05) is 0 Å². The summed E-state index contributed by atoms with van der Waals surface area (Å²) in [4.78, 5) is 39.1. The largest absolute Gasteiger partial charge is 0.481 e. The molecule has 34 heavy (non-hydrogen) atoms. The summed E-state index contributed by atoms with van der Waals surface area (Å²) >= 11 is 16.3. The number of carbonyl (C=O) groups excluding carboxylic acids is 2. The van der Waals surface area contributed by atoms with Gasteiger partial charge in [-0.1, -0.05) is 27.5 Å². The lowest BCUT2D eigenvalue weighted by atomic mass is 10.1. The Kier molecular flexibility index (Phi) is 10.2. The molecule has 0 bridgehead atoms. The number of nitrogens with one attached hydrogen (secondary N) is 2. The Morgan fingerprint density at radius 1 is 1.18 bits per heavy atom. The first-order chi connectivity index (χ1) is 16.0. The van der Waals surface area contributed by atoms with Crippen LogP contribution in [0.15, 0.2) is 50.1 Å². The van der Waals surface area contributed by atoms with Crippen LogP contribution in [-0.4, -0.2) is 56.8 Å². The summed E-state index contributed by atoms with van der Waals surface area (Å²) < 4.78 is 2.96. The number of aromatic nitrogens is 3. The van der Waals surface area contributed by atoms with Gasteiger partial charge in [-0.05, 0) is 56.1 Å². The van der Waals surface area contributed by atoms with E-state index in [1.54, 1.807) is 44.6 Å². The predicted octanol–water partition coefficient (Wildman–Crippen LogP) is 4.76. The van der Waals surface area contributed by atoms with Crippen molar-refractivity contribution in [2.75, 3.05) is 19.4 Å². The average molecular weight is 682 g/mol. The van der Waals surface area contributed by atoms with Crippen molar-refractivity contribution in [1.82, 2.24) is 25.2 Å². The molecular formula is C20H18Br3ClN6O4. The van der Waals surface area contributed by atoms with Gasteiger partial charge in [-0.15, -0.1) is 0 Å². The summed E-state index contributed by atoms with van der Waals surface area (Å²) in [5.74, 6) is -1.37. The molecule has 0 fully saturated rings. The third-order valence-electron chi connectivity index (χ3n) is 4.02. The molecule has 0 atom stereocenters. The predicted molar refractivity (Wildman–Crippen MR) is 138 cm³/mol. The van der Waals surface area contributed by atoms with E-state index in [4.69, 9.17) is 21.5 Å². The number of carbonyl (C=O) groups is 3. The number of benzene rings is 1. The molecule has 2 amide bonds. The second-order valence-corrected chi connectivity index (χ2v) is 9.43. The molecular weight excluding hydrogens is 663 g/mol. The van der Waals surface area contributed by atoms with Crippen LogP contribution in [0.4, 0.5) is 5.69 Å². The Morgan fingerprint density at radius 2 is 1.82 bits per heavy atom. The number of halogens is 4. The first kappa shape index (κ1) is 27.9. The smallest absolute Gasteiger partial charge is 0.300 e. The molecule has 0 saturated heterocycles. The van der Waals surface area contributed by atoms with Gasteiger partial charge in [0.25, 0.3) is 17.8 Å². The van der Waals surface area contributed by atoms with Gasteiger partial charge >= 0.3 is 0 Å². The third-order valence-corrected chi connectivity index (χ3v) is 5.78. The van der Waals surface area contributed by atoms with Crippen molar-refractivity contribution in [2.45, 2.75) is 6.92 Å². The van der Waals surface area contributed by atoms with Gasteiger partial charge in [0.1, 0.15) is 10.3 Å². The first-order valence-electron chi connectivity index (χ1n) is 9.28. The minimum absolute atomic E-state index is 0.178. The van der Waals surface area contributed by atoms with Crippen molar-refractivity contribution in [3.63, 3.8) is 0 Å². The lowest BCUT2D eigenvalue weighted by molar-refractivity contribution is -0.134. The number of aliphatic carboxylic acids is 1. The van der Waals surface area contributed by atoms with E-state index in [0.717, 1.165) is 6.92 Å². The first-order valence-corrected chi connectivity index (χ1v) is 12.0. The molecule has 0 radical (unpaired) electrons. The highest BCUT2D eigenvalue weighted by molar-refractivity contribution is 9.11. The van der Waals surface area contributed by atoms with Gasteiger partial charge in [0.15, 0.2) is 5.82 Å². The zero-order chi connectivity index (χ0) is 25.6. The Hall–Kier alpha value is -2.32.